The molecule has 0 saturated carbocycles. The second-order valence-electron chi connectivity index (χ2n) is 6.18. The van der Waals surface area contributed by atoms with E-state index in [1.807, 2.05) is 11.3 Å². The summed E-state index contributed by atoms with van der Waals surface area (Å²) >= 11 is 1.81. The van der Waals surface area contributed by atoms with Crippen molar-refractivity contribution in [3.63, 3.8) is 0 Å². The Labute approximate surface area is 143 Å². The molecule has 2 aromatic heterocycles. The van der Waals surface area contributed by atoms with E-state index in [1.54, 1.807) is 0 Å². The molecule has 0 unspecified atom stereocenters. The molecule has 0 saturated heterocycles. The van der Waals surface area contributed by atoms with E-state index in [9.17, 15) is 0 Å². The van der Waals surface area contributed by atoms with Crippen LogP contribution in [0, 0.1) is 6.92 Å². The highest BCUT2D eigenvalue weighted by Crippen LogP contribution is 2.39. The van der Waals surface area contributed by atoms with Gasteiger partial charge in [0.2, 0.25) is 0 Å². The van der Waals surface area contributed by atoms with Crippen molar-refractivity contribution in [3.8, 4) is 10.6 Å². The lowest BCUT2D eigenvalue weighted by molar-refractivity contribution is -0.636. The van der Waals surface area contributed by atoms with Gasteiger partial charge < -0.3 is 4.42 Å². The van der Waals surface area contributed by atoms with Crippen molar-refractivity contribution in [2.75, 3.05) is 0 Å². The normalized spacial score (nSPS) is 11.8. The van der Waals surface area contributed by atoms with Crippen molar-refractivity contribution in [2.45, 2.75) is 6.92 Å². The average Bonchev–Trinajstić information content (AvgIpc) is 3.12. The van der Waals surface area contributed by atoms with Gasteiger partial charge in [-0.25, -0.2) is 0 Å². The van der Waals surface area contributed by atoms with E-state index >= 15 is 0 Å². The quantitative estimate of drug-likeness (QED) is 0.366. The van der Waals surface area contributed by atoms with Crippen LogP contribution in [0.5, 0.6) is 0 Å². The molecule has 0 aliphatic carbocycles. The molecular weight excluding hydrogens is 314 g/mol. The largest absolute Gasteiger partial charge is 0.403 e. The van der Waals surface area contributed by atoms with Crippen LogP contribution >= 0.6 is 11.3 Å². The lowest BCUT2D eigenvalue weighted by atomic mass is 10.1. The summed E-state index contributed by atoms with van der Waals surface area (Å²) in [6.07, 6.45) is 0. The molecule has 0 amide bonds. The molecule has 3 heteroatoms. The van der Waals surface area contributed by atoms with Crippen LogP contribution in [-0.4, -0.2) is 0 Å². The van der Waals surface area contributed by atoms with Crippen molar-refractivity contribution >= 4 is 43.5 Å². The molecule has 0 N–H and O–H groups in total. The molecule has 0 bridgehead atoms. The molecule has 0 fully saturated rings. The highest BCUT2D eigenvalue weighted by atomic mass is 32.1. The molecule has 5 rings (SSSR count). The van der Waals surface area contributed by atoms with E-state index in [1.165, 1.54) is 37.0 Å². The first-order valence-corrected chi connectivity index (χ1v) is 8.84. The third kappa shape index (κ3) is 1.79. The van der Waals surface area contributed by atoms with Crippen molar-refractivity contribution in [2.24, 2.45) is 7.05 Å². The van der Waals surface area contributed by atoms with Gasteiger partial charge in [0.25, 0.3) is 5.01 Å². The minimum atomic E-state index is 0.949. The van der Waals surface area contributed by atoms with Gasteiger partial charge in [0.1, 0.15) is 12.6 Å². The van der Waals surface area contributed by atoms with E-state index in [-0.39, 0.29) is 0 Å². The molecule has 24 heavy (non-hydrogen) atoms. The summed E-state index contributed by atoms with van der Waals surface area (Å²) in [4.78, 5) is 0. The maximum absolute atomic E-state index is 6.21. The standard InChI is InChI=1S/C21H16NOS/c1-13-7-3-5-9-15(13)21-22(2)20-19(24-21)18-16-10-6-4-8-14(16)11-12-17(18)23-20/h3-12H,1-2H3/q+1. The highest BCUT2D eigenvalue weighted by molar-refractivity contribution is 7.22. The van der Waals surface area contributed by atoms with Crippen LogP contribution in [0.2, 0.25) is 0 Å². The van der Waals surface area contributed by atoms with Gasteiger partial charge in [-0.3, -0.25) is 0 Å². The van der Waals surface area contributed by atoms with Crippen LogP contribution in [0.25, 0.3) is 42.7 Å². The van der Waals surface area contributed by atoms with Crippen LogP contribution in [0.4, 0.5) is 0 Å². The molecule has 0 aliphatic rings. The predicted molar refractivity (Wildman–Crippen MR) is 100 cm³/mol. The Hall–Kier alpha value is -2.65. The molecule has 2 heterocycles. The smallest absolute Gasteiger partial charge is 0.393 e. The van der Waals surface area contributed by atoms with E-state index in [4.69, 9.17) is 4.42 Å². The van der Waals surface area contributed by atoms with Crippen LogP contribution < -0.4 is 4.57 Å². The van der Waals surface area contributed by atoms with Gasteiger partial charge in [0.05, 0.1) is 10.9 Å². The van der Waals surface area contributed by atoms with Gasteiger partial charge in [-0.15, -0.1) is 0 Å². The van der Waals surface area contributed by atoms with E-state index in [2.05, 4.69) is 79.2 Å². The Balaban J connectivity index is 1.92. The Bertz CT molecular complexity index is 1230. The topological polar surface area (TPSA) is 17.0 Å². The number of hydrogen-bond acceptors (Lipinski definition) is 2. The molecule has 2 nitrogen and oxygen atoms in total. The fourth-order valence-corrected chi connectivity index (χ4v) is 4.78. The first kappa shape index (κ1) is 13.8. The number of thiazole rings is 1. The van der Waals surface area contributed by atoms with E-state index in [0.29, 0.717) is 0 Å². The summed E-state index contributed by atoms with van der Waals surface area (Å²) in [6, 6.07) is 21.2. The van der Waals surface area contributed by atoms with Crippen LogP contribution in [-0.2, 0) is 7.05 Å². The van der Waals surface area contributed by atoms with E-state index < -0.39 is 0 Å². The van der Waals surface area contributed by atoms with Crippen molar-refractivity contribution < 1.29 is 8.98 Å². The number of benzene rings is 3. The van der Waals surface area contributed by atoms with Gasteiger partial charge in [0.15, 0.2) is 4.70 Å². The summed E-state index contributed by atoms with van der Waals surface area (Å²) in [6.45, 7) is 2.16. The summed E-state index contributed by atoms with van der Waals surface area (Å²) in [5.41, 5.74) is 4.46. The molecular formula is C21H16NOS+. The number of nitrogens with zero attached hydrogens (tertiary/aromatic N) is 1. The lowest BCUT2D eigenvalue weighted by Crippen LogP contribution is -2.28. The average molecular weight is 330 g/mol. The second kappa shape index (κ2) is 4.92. The molecule has 0 atom stereocenters. The number of furan rings is 1. The highest BCUT2D eigenvalue weighted by Gasteiger charge is 2.26. The fourth-order valence-electron chi connectivity index (χ4n) is 3.45. The fraction of sp³-hybridized carbons (Fsp3) is 0.0952. The molecule has 5 aromatic rings. The molecule has 116 valence electrons. The third-order valence-corrected chi connectivity index (χ3v) is 5.97. The monoisotopic (exact) mass is 330 g/mol. The van der Waals surface area contributed by atoms with Crippen molar-refractivity contribution in [3.05, 3.63) is 66.2 Å². The zero-order chi connectivity index (χ0) is 16.3. The summed E-state index contributed by atoms with van der Waals surface area (Å²) < 4.78 is 9.61. The van der Waals surface area contributed by atoms with Gasteiger partial charge in [-0.2, -0.15) is 4.57 Å². The van der Waals surface area contributed by atoms with E-state index in [0.717, 1.165) is 11.3 Å². The lowest BCUT2D eigenvalue weighted by Gasteiger charge is -1.99. The molecule has 3 aromatic carbocycles. The van der Waals surface area contributed by atoms with Crippen molar-refractivity contribution in [1.29, 1.82) is 0 Å². The Morgan fingerprint density at radius 2 is 1.71 bits per heavy atom. The van der Waals surface area contributed by atoms with Gasteiger partial charge in [-0.1, -0.05) is 59.9 Å². The zero-order valence-corrected chi connectivity index (χ0v) is 14.4. The Morgan fingerprint density at radius 3 is 2.58 bits per heavy atom. The Kier molecular flexibility index (Phi) is 2.82. The van der Waals surface area contributed by atoms with Gasteiger partial charge in [-0.05, 0) is 35.4 Å². The number of hydrogen-bond donors (Lipinski definition) is 0. The summed E-state index contributed by atoms with van der Waals surface area (Å²) in [7, 11) is 2.09. The minimum Gasteiger partial charge on any atom is -0.403 e. The van der Waals surface area contributed by atoms with Gasteiger partial charge in [0, 0.05) is 0 Å². The van der Waals surface area contributed by atoms with Crippen LogP contribution in [0.15, 0.2) is 65.1 Å². The number of fused-ring (bicyclic) bond motifs is 5. The number of rotatable bonds is 1. The van der Waals surface area contributed by atoms with Crippen molar-refractivity contribution in [1.82, 2.24) is 0 Å². The maximum Gasteiger partial charge on any atom is 0.393 e. The summed E-state index contributed by atoms with van der Waals surface area (Å²) in [5, 5.41) is 4.97. The third-order valence-electron chi connectivity index (χ3n) is 4.70. The molecule has 0 radical (unpaired) electrons. The van der Waals surface area contributed by atoms with Crippen LogP contribution in [0.1, 0.15) is 5.56 Å². The first-order valence-electron chi connectivity index (χ1n) is 8.03. The van der Waals surface area contributed by atoms with Gasteiger partial charge >= 0.3 is 5.71 Å². The second-order valence-corrected chi connectivity index (χ2v) is 7.18. The maximum atomic E-state index is 6.21. The summed E-state index contributed by atoms with van der Waals surface area (Å²) in [5.74, 6) is 0. The van der Waals surface area contributed by atoms with Crippen LogP contribution in [0.3, 0.4) is 0 Å². The SMILES string of the molecule is Cc1ccccc1-c1sc2c3c(ccc4ccccc43)oc2[n+]1C. The Morgan fingerprint density at radius 1 is 0.917 bits per heavy atom. The minimum absolute atomic E-state index is 0.949. The first-order chi connectivity index (χ1) is 11.7. The predicted octanol–water partition coefficient (Wildman–Crippen LogP) is 5.60. The number of aryl methyl sites for hydroxylation is 2. The molecule has 0 spiro atoms. The number of aromatic nitrogens is 1. The zero-order valence-electron chi connectivity index (χ0n) is 13.5. The molecule has 0 aliphatic heterocycles.